The van der Waals surface area contributed by atoms with Crippen LogP contribution in [0, 0.1) is 0 Å². The summed E-state index contributed by atoms with van der Waals surface area (Å²) in [6, 6.07) is 11.6. The van der Waals surface area contributed by atoms with E-state index in [-0.39, 0.29) is 17.9 Å². The lowest BCUT2D eigenvalue weighted by molar-refractivity contribution is -0.139. The Hall–Kier alpha value is -3.85. The van der Waals surface area contributed by atoms with Crippen LogP contribution in [-0.2, 0) is 9.53 Å². The first-order chi connectivity index (χ1) is 17.9. The normalized spacial score (nSPS) is 15.2. The molecule has 1 aromatic heterocycles. The second-order valence-corrected chi connectivity index (χ2v) is 9.51. The van der Waals surface area contributed by atoms with Gasteiger partial charge >= 0.3 is 5.97 Å². The molecule has 0 bridgehead atoms. The van der Waals surface area contributed by atoms with E-state index in [9.17, 15) is 14.7 Å². The fourth-order valence-electron chi connectivity index (χ4n) is 4.12. The van der Waals surface area contributed by atoms with E-state index in [0.29, 0.717) is 38.5 Å². The van der Waals surface area contributed by atoms with E-state index in [0.717, 1.165) is 24.2 Å². The van der Waals surface area contributed by atoms with Gasteiger partial charge in [0.15, 0.2) is 16.3 Å². The lowest BCUT2D eigenvalue weighted by Crippen LogP contribution is -2.39. The van der Waals surface area contributed by atoms with Gasteiger partial charge in [0, 0.05) is 0 Å². The van der Waals surface area contributed by atoms with E-state index >= 15 is 0 Å². The maximum Gasteiger partial charge on any atom is 0.338 e. The Labute approximate surface area is 218 Å². The van der Waals surface area contributed by atoms with Crippen molar-refractivity contribution in [2.75, 3.05) is 20.3 Å². The summed E-state index contributed by atoms with van der Waals surface area (Å²) in [7, 11) is 1.46. The van der Waals surface area contributed by atoms with Crippen LogP contribution >= 0.6 is 11.3 Å². The Morgan fingerprint density at radius 2 is 1.95 bits per heavy atom. The number of carbonyl (C=O) groups is 1. The van der Waals surface area contributed by atoms with Gasteiger partial charge in [-0.3, -0.25) is 9.36 Å². The third-order valence-electron chi connectivity index (χ3n) is 5.98. The maximum absolute atomic E-state index is 13.7. The lowest BCUT2D eigenvalue weighted by Gasteiger charge is -2.24. The van der Waals surface area contributed by atoms with E-state index in [1.165, 1.54) is 24.5 Å². The number of rotatable bonds is 9. The molecule has 0 spiro atoms. The molecule has 1 aliphatic heterocycles. The smallest absolute Gasteiger partial charge is 0.338 e. The first kappa shape index (κ1) is 26.2. The largest absolute Gasteiger partial charge is 0.504 e. The van der Waals surface area contributed by atoms with E-state index < -0.39 is 12.0 Å². The molecule has 0 saturated carbocycles. The summed E-state index contributed by atoms with van der Waals surface area (Å²) >= 11 is 1.23. The molecule has 0 fully saturated rings. The number of allylic oxidation sites excluding steroid dienone is 1. The van der Waals surface area contributed by atoms with E-state index in [2.05, 4.69) is 11.9 Å². The van der Waals surface area contributed by atoms with Crippen LogP contribution in [0.4, 0.5) is 0 Å². The first-order valence-corrected chi connectivity index (χ1v) is 13.0. The van der Waals surface area contributed by atoms with Gasteiger partial charge in [-0.05, 0) is 61.7 Å². The molecule has 1 atom stereocenters. The van der Waals surface area contributed by atoms with Crippen LogP contribution in [0.5, 0.6) is 17.2 Å². The second-order valence-electron chi connectivity index (χ2n) is 8.50. The third kappa shape index (κ3) is 5.46. The number of nitrogens with zero attached hydrogens (tertiary/aromatic N) is 2. The van der Waals surface area contributed by atoms with E-state index in [1.807, 2.05) is 24.3 Å². The zero-order valence-corrected chi connectivity index (χ0v) is 22.1. The Morgan fingerprint density at radius 3 is 2.62 bits per heavy atom. The zero-order chi connectivity index (χ0) is 26.5. The molecule has 8 nitrogen and oxygen atoms in total. The quantitative estimate of drug-likeness (QED) is 0.340. The third-order valence-corrected chi connectivity index (χ3v) is 6.96. The molecule has 0 saturated heterocycles. The van der Waals surface area contributed by atoms with Gasteiger partial charge in [-0.25, -0.2) is 9.79 Å². The number of fused-ring (bicyclic) bond motifs is 1. The maximum atomic E-state index is 13.7. The number of thiazole rings is 1. The molecule has 37 heavy (non-hydrogen) atoms. The van der Waals surface area contributed by atoms with Crippen molar-refractivity contribution in [3.63, 3.8) is 0 Å². The number of hydrogen-bond acceptors (Lipinski definition) is 8. The zero-order valence-electron chi connectivity index (χ0n) is 21.3. The highest BCUT2D eigenvalue weighted by Crippen LogP contribution is 2.32. The number of phenols is 1. The minimum atomic E-state index is -0.698. The number of ether oxygens (including phenoxy) is 3. The molecule has 9 heteroatoms. The molecular weight excluding hydrogens is 492 g/mol. The predicted octanol–water partition coefficient (Wildman–Crippen LogP) is 3.69. The number of aromatic hydroxyl groups is 1. The highest BCUT2D eigenvalue weighted by molar-refractivity contribution is 7.07. The van der Waals surface area contributed by atoms with Gasteiger partial charge in [0.1, 0.15) is 5.75 Å². The summed E-state index contributed by atoms with van der Waals surface area (Å²) in [6.07, 6.45) is 3.72. The number of aromatic nitrogens is 1. The molecule has 1 unspecified atom stereocenters. The number of carbonyl (C=O) groups excluding carboxylic acids is 1. The van der Waals surface area contributed by atoms with Gasteiger partial charge in [-0.15, -0.1) is 0 Å². The van der Waals surface area contributed by atoms with Gasteiger partial charge in [0.25, 0.3) is 5.56 Å². The van der Waals surface area contributed by atoms with Crippen molar-refractivity contribution in [3.8, 4) is 17.2 Å². The van der Waals surface area contributed by atoms with Crippen molar-refractivity contribution in [1.82, 2.24) is 4.57 Å². The molecule has 0 radical (unpaired) electrons. The van der Waals surface area contributed by atoms with Gasteiger partial charge < -0.3 is 19.3 Å². The number of esters is 1. The van der Waals surface area contributed by atoms with Crippen LogP contribution in [-0.4, -0.2) is 36.0 Å². The average molecular weight is 523 g/mol. The first-order valence-electron chi connectivity index (χ1n) is 12.2. The molecular formula is C28H30N2O6S. The molecule has 1 N–H and O–H groups in total. The molecule has 1 aliphatic rings. The summed E-state index contributed by atoms with van der Waals surface area (Å²) in [5.41, 5.74) is 1.99. The van der Waals surface area contributed by atoms with Gasteiger partial charge in [-0.1, -0.05) is 42.9 Å². The van der Waals surface area contributed by atoms with Gasteiger partial charge in [-0.2, -0.15) is 0 Å². The van der Waals surface area contributed by atoms with E-state index in [1.54, 1.807) is 36.6 Å². The number of methoxy groups -OCH3 is 1. The SMILES string of the molecule is CCCCOc1ccc(C2C(C(=O)OCC)=C(C)N=c3sc(=Cc4ccc(O)c(OC)c4)c(=O)n32)cc1. The minimum absolute atomic E-state index is 0.0120. The van der Waals surface area contributed by atoms with Crippen molar-refractivity contribution in [2.45, 2.75) is 39.7 Å². The standard InChI is InChI=1S/C28H30N2O6S/c1-5-7-14-36-20-11-9-19(10-12-20)25-24(27(33)35-6-2)17(3)29-28-30(25)26(32)23(37-28)16-18-8-13-21(31)22(15-18)34-4/h8-13,15-16,25,31H,5-7,14H2,1-4H3. The molecule has 2 aromatic carbocycles. The Morgan fingerprint density at radius 1 is 1.19 bits per heavy atom. The van der Waals surface area contributed by atoms with Crippen LogP contribution in [0.2, 0.25) is 0 Å². The van der Waals surface area contributed by atoms with Crippen LogP contribution in [0.15, 0.2) is 63.5 Å². The lowest BCUT2D eigenvalue weighted by atomic mass is 9.96. The average Bonchev–Trinajstić information content (AvgIpc) is 3.19. The van der Waals surface area contributed by atoms with Crippen LogP contribution < -0.4 is 24.4 Å². The summed E-state index contributed by atoms with van der Waals surface area (Å²) in [4.78, 5) is 31.8. The molecule has 3 aromatic rings. The molecule has 2 heterocycles. The number of hydrogen-bond donors (Lipinski definition) is 1. The number of phenolic OH excluding ortho intramolecular Hbond substituents is 1. The van der Waals surface area contributed by atoms with Crippen LogP contribution in [0.1, 0.15) is 50.8 Å². The molecule has 0 aliphatic carbocycles. The monoisotopic (exact) mass is 522 g/mol. The van der Waals surface area contributed by atoms with E-state index in [4.69, 9.17) is 14.2 Å². The number of benzene rings is 2. The summed E-state index contributed by atoms with van der Waals surface area (Å²) in [6.45, 7) is 6.43. The van der Waals surface area contributed by atoms with Crippen LogP contribution in [0.3, 0.4) is 0 Å². The second kappa shape index (κ2) is 11.5. The highest BCUT2D eigenvalue weighted by Gasteiger charge is 2.33. The Balaban J connectivity index is 1.84. The van der Waals surface area contributed by atoms with Crippen molar-refractivity contribution >= 4 is 23.4 Å². The molecule has 0 amide bonds. The molecule has 194 valence electrons. The highest BCUT2D eigenvalue weighted by atomic mass is 32.1. The summed E-state index contributed by atoms with van der Waals surface area (Å²) in [5, 5.41) is 9.91. The summed E-state index contributed by atoms with van der Waals surface area (Å²) < 4.78 is 18.3. The molecule has 4 rings (SSSR count). The Bertz CT molecular complexity index is 1500. The summed E-state index contributed by atoms with van der Waals surface area (Å²) in [5.74, 6) is 0.540. The van der Waals surface area contributed by atoms with Gasteiger partial charge in [0.05, 0.1) is 42.2 Å². The predicted molar refractivity (Wildman–Crippen MR) is 142 cm³/mol. The fourth-order valence-corrected chi connectivity index (χ4v) is 5.17. The van der Waals surface area contributed by atoms with Crippen molar-refractivity contribution in [1.29, 1.82) is 0 Å². The minimum Gasteiger partial charge on any atom is -0.504 e. The topological polar surface area (TPSA) is 99.4 Å². The number of unbranched alkanes of at least 4 members (excludes halogenated alkanes) is 1. The van der Waals surface area contributed by atoms with Gasteiger partial charge in [0.2, 0.25) is 0 Å². The Kier molecular flexibility index (Phi) is 8.13. The van der Waals surface area contributed by atoms with Crippen LogP contribution in [0.25, 0.3) is 6.08 Å². The van der Waals surface area contributed by atoms with Crippen molar-refractivity contribution < 1.29 is 24.1 Å². The van der Waals surface area contributed by atoms with Crippen molar-refractivity contribution in [2.24, 2.45) is 4.99 Å². The van der Waals surface area contributed by atoms with Crippen molar-refractivity contribution in [3.05, 3.63) is 84.5 Å². The fraction of sp³-hybridized carbons (Fsp3) is 0.321.